The quantitative estimate of drug-likeness (QED) is 0.465. The Labute approximate surface area is 56.3 Å². The fourth-order valence-electron chi connectivity index (χ4n) is 0.547. The molecule has 0 aromatic carbocycles. The highest BCUT2D eigenvalue weighted by molar-refractivity contribution is 4.20. The minimum absolute atomic E-state index is 0.823. The van der Waals surface area contributed by atoms with E-state index in [0.29, 0.717) is 0 Å². The molecule has 56 valence electrons. The minimum atomic E-state index is 0.823. The van der Waals surface area contributed by atoms with Gasteiger partial charge in [-0.1, -0.05) is 0 Å². The molecule has 0 radical (unpaired) electrons. The van der Waals surface area contributed by atoms with E-state index in [1.807, 2.05) is 0 Å². The molecule has 0 rings (SSSR count). The molecule has 0 aliphatic heterocycles. The van der Waals surface area contributed by atoms with Crippen LogP contribution in [-0.4, -0.2) is 40.5 Å². The summed E-state index contributed by atoms with van der Waals surface area (Å²) in [6.45, 7) is 3.70. The Bertz CT molecular complexity index is 44.3. The molecule has 3 nitrogen and oxygen atoms in total. The molecule has 9 heavy (non-hydrogen) atoms. The van der Waals surface area contributed by atoms with Crippen LogP contribution < -0.4 is 5.32 Å². The normalized spacial score (nSPS) is 10.0. The summed E-state index contributed by atoms with van der Waals surface area (Å²) in [6, 6.07) is 0. The highest BCUT2D eigenvalue weighted by Crippen LogP contribution is 1.57. The van der Waals surface area contributed by atoms with Gasteiger partial charge in [0.1, 0.15) is 0 Å². The number of hydrogen-bond donors (Lipinski definition) is 1. The second-order valence-corrected chi connectivity index (χ2v) is 1.85. The summed E-state index contributed by atoms with van der Waals surface area (Å²) in [6.07, 6.45) is 0. The first kappa shape index (κ1) is 8.88. The summed E-state index contributed by atoms with van der Waals surface area (Å²) in [5.41, 5.74) is 0. The molecule has 0 aromatic heterocycles. The number of hydrogen-bond acceptors (Lipinski definition) is 2. The fraction of sp³-hybridized carbons (Fsp3) is 1.00. The highest BCUT2D eigenvalue weighted by Gasteiger charge is 1.86. The van der Waals surface area contributed by atoms with Crippen molar-refractivity contribution in [3.63, 3.8) is 0 Å². The predicted octanol–water partition coefficient (Wildman–Crippen LogP) is -1.16. The van der Waals surface area contributed by atoms with Crippen molar-refractivity contribution in [3.8, 4) is 0 Å². The van der Waals surface area contributed by atoms with Crippen LogP contribution in [0.3, 0.4) is 0 Å². The van der Waals surface area contributed by atoms with Gasteiger partial charge in [0.25, 0.3) is 0 Å². The Morgan fingerprint density at radius 3 is 1.78 bits per heavy atom. The molecule has 0 spiro atoms. The summed E-state index contributed by atoms with van der Waals surface area (Å²) in [5.74, 6) is 0. The second kappa shape index (κ2) is 7.88. The van der Waals surface area contributed by atoms with Gasteiger partial charge in [0.05, 0.1) is 26.3 Å². The van der Waals surface area contributed by atoms with Crippen LogP contribution in [0.25, 0.3) is 0 Å². The van der Waals surface area contributed by atoms with Crippen molar-refractivity contribution in [2.24, 2.45) is 0 Å². The Balaban J connectivity index is 2.60. The maximum Gasteiger partial charge on any atom is 0.0993 e. The van der Waals surface area contributed by atoms with Crippen molar-refractivity contribution in [2.75, 3.05) is 40.5 Å². The van der Waals surface area contributed by atoms with Crippen LogP contribution in [0.1, 0.15) is 0 Å². The zero-order chi connectivity index (χ0) is 6.95. The van der Waals surface area contributed by atoms with Gasteiger partial charge in [-0.25, -0.2) is 0 Å². The Morgan fingerprint density at radius 1 is 1.00 bits per heavy atom. The molecule has 0 aliphatic carbocycles. The van der Waals surface area contributed by atoms with Crippen LogP contribution in [-0.2, 0) is 9.47 Å². The van der Waals surface area contributed by atoms with Crippen molar-refractivity contribution < 1.29 is 14.8 Å². The van der Waals surface area contributed by atoms with E-state index in [1.165, 1.54) is 0 Å². The molecule has 3 heteroatoms. The van der Waals surface area contributed by atoms with Crippen LogP contribution in [0.5, 0.6) is 0 Å². The monoisotopic (exact) mass is 134 g/mol. The highest BCUT2D eigenvalue weighted by atomic mass is 16.5. The fourth-order valence-corrected chi connectivity index (χ4v) is 0.547. The molecule has 0 unspecified atom stereocenters. The zero-order valence-electron chi connectivity index (χ0n) is 6.22. The minimum Gasteiger partial charge on any atom is -0.379 e. The molecule has 0 heterocycles. The van der Waals surface area contributed by atoms with E-state index in [-0.39, 0.29) is 0 Å². The number of methoxy groups -OCH3 is 2. The number of ether oxygens (including phenoxy) is 2. The lowest BCUT2D eigenvalue weighted by Crippen LogP contribution is -2.86. The lowest BCUT2D eigenvalue weighted by molar-refractivity contribution is -0.657. The summed E-state index contributed by atoms with van der Waals surface area (Å²) in [4.78, 5) is 0. The van der Waals surface area contributed by atoms with Crippen molar-refractivity contribution in [2.45, 2.75) is 0 Å². The van der Waals surface area contributed by atoms with Gasteiger partial charge in [-0.2, -0.15) is 0 Å². The molecule has 0 bridgehead atoms. The number of nitrogens with two attached hydrogens (primary N) is 1. The van der Waals surface area contributed by atoms with Crippen LogP contribution in [0.2, 0.25) is 0 Å². The maximum atomic E-state index is 4.85. The van der Waals surface area contributed by atoms with Crippen LogP contribution >= 0.6 is 0 Å². The lowest BCUT2D eigenvalue weighted by Gasteiger charge is -1.98. The van der Waals surface area contributed by atoms with E-state index in [0.717, 1.165) is 26.3 Å². The standard InChI is InChI=1S/C6H15NO2/c1-8-5-3-7-4-6-9-2/h7H,3-6H2,1-2H3/p+1. The van der Waals surface area contributed by atoms with Gasteiger partial charge in [-0.15, -0.1) is 0 Å². The smallest absolute Gasteiger partial charge is 0.0993 e. The third-order valence-corrected chi connectivity index (χ3v) is 1.05. The van der Waals surface area contributed by atoms with Crippen LogP contribution in [0.15, 0.2) is 0 Å². The first-order valence-corrected chi connectivity index (χ1v) is 3.21. The van der Waals surface area contributed by atoms with E-state index in [2.05, 4.69) is 5.32 Å². The molecule has 0 aliphatic rings. The molecule has 0 atom stereocenters. The van der Waals surface area contributed by atoms with Gasteiger partial charge in [0.15, 0.2) is 0 Å². The van der Waals surface area contributed by atoms with Gasteiger partial charge in [0, 0.05) is 14.2 Å². The van der Waals surface area contributed by atoms with E-state index >= 15 is 0 Å². The molecular formula is C6H16NO2+. The largest absolute Gasteiger partial charge is 0.379 e. The summed E-state index contributed by atoms with van der Waals surface area (Å²) >= 11 is 0. The van der Waals surface area contributed by atoms with Gasteiger partial charge in [0.2, 0.25) is 0 Å². The van der Waals surface area contributed by atoms with Crippen molar-refractivity contribution >= 4 is 0 Å². The van der Waals surface area contributed by atoms with Gasteiger partial charge < -0.3 is 14.8 Å². The first-order valence-electron chi connectivity index (χ1n) is 3.21. The Morgan fingerprint density at radius 2 is 1.44 bits per heavy atom. The molecule has 2 N–H and O–H groups in total. The summed E-state index contributed by atoms with van der Waals surface area (Å²) in [7, 11) is 3.42. The molecule has 0 fully saturated rings. The Hall–Kier alpha value is -0.120. The maximum absolute atomic E-state index is 4.85. The van der Waals surface area contributed by atoms with Crippen LogP contribution in [0.4, 0.5) is 0 Å². The summed E-state index contributed by atoms with van der Waals surface area (Å²) in [5, 5.41) is 2.17. The third kappa shape index (κ3) is 7.88. The Kier molecular flexibility index (Phi) is 7.77. The zero-order valence-corrected chi connectivity index (χ0v) is 6.22. The van der Waals surface area contributed by atoms with Crippen LogP contribution in [0, 0.1) is 0 Å². The summed E-state index contributed by atoms with van der Waals surface area (Å²) < 4.78 is 9.70. The first-order chi connectivity index (χ1) is 4.41. The predicted molar refractivity (Wildman–Crippen MR) is 35.4 cm³/mol. The van der Waals surface area contributed by atoms with Crippen molar-refractivity contribution in [3.05, 3.63) is 0 Å². The van der Waals surface area contributed by atoms with E-state index in [1.54, 1.807) is 14.2 Å². The lowest BCUT2D eigenvalue weighted by atomic mass is 10.6. The van der Waals surface area contributed by atoms with E-state index in [9.17, 15) is 0 Å². The van der Waals surface area contributed by atoms with Gasteiger partial charge in [-0.05, 0) is 0 Å². The molecule has 0 aromatic rings. The van der Waals surface area contributed by atoms with Crippen molar-refractivity contribution in [1.29, 1.82) is 0 Å². The van der Waals surface area contributed by atoms with Gasteiger partial charge in [-0.3, -0.25) is 0 Å². The average molecular weight is 134 g/mol. The van der Waals surface area contributed by atoms with E-state index < -0.39 is 0 Å². The third-order valence-electron chi connectivity index (χ3n) is 1.05. The molecular weight excluding hydrogens is 118 g/mol. The SMILES string of the molecule is COCC[NH2+]CCOC. The van der Waals surface area contributed by atoms with Crippen molar-refractivity contribution in [1.82, 2.24) is 0 Å². The van der Waals surface area contributed by atoms with E-state index in [4.69, 9.17) is 9.47 Å². The second-order valence-electron chi connectivity index (χ2n) is 1.85. The number of quaternary nitrogens is 1. The molecule has 0 saturated carbocycles. The topological polar surface area (TPSA) is 35.1 Å². The average Bonchev–Trinajstić information content (AvgIpc) is 1.89. The van der Waals surface area contributed by atoms with Gasteiger partial charge >= 0.3 is 0 Å². The number of rotatable bonds is 6. The molecule has 0 saturated heterocycles. The molecule has 0 amide bonds.